The lowest BCUT2D eigenvalue weighted by atomic mass is 9.94. The number of aromatic nitrogens is 1. The number of aryl methyl sites for hydroxylation is 1. The Hall–Kier alpha value is -3.53. The summed E-state index contributed by atoms with van der Waals surface area (Å²) >= 11 is 0. The number of piperidine rings is 1. The van der Waals surface area contributed by atoms with Crippen molar-refractivity contribution in [2.24, 2.45) is 0 Å². The van der Waals surface area contributed by atoms with Gasteiger partial charge in [0.15, 0.2) is 9.84 Å². The summed E-state index contributed by atoms with van der Waals surface area (Å²) in [7, 11) is -1.31. The summed E-state index contributed by atoms with van der Waals surface area (Å²) in [4.78, 5) is 27.0. The van der Waals surface area contributed by atoms with Crippen molar-refractivity contribution in [3.8, 4) is 17.2 Å². The van der Waals surface area contributed by atoms with E-state index >= 15 is 0 Å². The van der Waals surface area contributed by atoms with E-state index in [4.69, 9.17) is 9.47 Å². The van der Waals surface area contributed by atoms with Crippen molar-refractivity contribution in [1.82, 2.24) is 9.47 Å². The van der Waals surface area contributed by atoms with E-state index < -0.39 is 9.84 Å². The lowest BCUT2D eigenvalue weighted by Gasteiger charge is -2.31. The van der Waals surface area contributed by atoms with Crippen LogP contribution >= 0.6 is 0 Å². The van der Waals surface area contributed by atoms with Crippen molar-refractivity contribution in [3.05, 3.63) is 76.7 Å². The molecule has 4 rings (SSSR count). The van der Waals surface area contributed by atoms with E-state index in [0.29, 0.717) is 43.1 Å². The maximum absolute atomic E-state index is 12.6. The molecule has 1 fully saturated rings. The van der Waals surface area contributed by atoms with Crippen LogP contribution in [0.1, 0.15) is 18.4 Å². The fourth-order valence-corrected chi connectivity index (χ4v) is 4.65. The van der Waals surface area contributed by atoms with Crippen molar-refractivity contribution >= 4 is 29.2 Å². The Labute approximate surface area is 205 Å². The molecule has 1 aliphatic heterocycles. The predicted molar refractivity (Wildman–Crippen MR) is 136 cm³/mol. The summed E-state index contributed by atoms with van der Waals surface area (Å²) in [5.74, 6) is 1.01. The second-order valence-electron chi connectivity index (χ2n) is 8.78. The molecule has 0 unspecified atom stereocenters. The van der Waals surface area contributed by atoms with Gasteiger partial charge in [-0.1, -0.05) is 17.6 Å². The molecule has 1 amide bonds. The third-order valence-electron chi connectivity index (χ3n) is 5.96. The van der Waals surface area contributed by atoms with Crippen LogP contribution < -0.4 is 20.5 Å². The van der Waals surface area contributed by atoms with Gasteiger partial charge in [-0.2, -0.15) is 0 Å². The molecular formula is C25H27BN2O6S. The highest BCUT2D eigenvalue weighted by molar-refractivity contribution is 7.90. The molecular weight excluding hydrogens is 467 g/mol. The number of benzene rings is 2. The van der Waals surface area contributed by atoms with Gasteiger partial charge in [-0.15, -0.1) is 0 Å². The molecule has 182 valence electrons. The first-order valence-corrected chi connectivity index (χ1v) is 13.2. The van der Waals surface area contributed by atoms with Crippen molar-refractivity contribution in [3.63, 3.8) is 0 Å². The highest BCUT2D eigenvalue weighted by atomic mass is 32.2. The van der Waals surface area contributed by atoms with E-state index in [2.05, 4.69) is 0 Å². The molecule has 2 heterocycles. The fraction of sp³-hybridized carbons (Fsp3) is 0.280. The molecule has 0 N–H and O–H groups in total. The van der Waals surface area contributed by atoms with Gasteiger partial charge in [0.05, 0.1) is 4.90 Å². The number of amides is 1. The second-order valence-corrected chi connectivity index (χ2v) is 10.8. The third-order valence-corrected chi connectivity index (χ3v) is 7.09. The van der Waals surface area contributed by atoms with Gasteiger partial charge in [0.25, 0.3) is 5.56 Å². The molecule has 35 heavy (non-hydrogen) atoms. The van der Waals surface area contributed by atoms with E-state index in [9.17, 15) is 18.0 Å². The molecule has 1 aliphatic rings. The maximum atomic E-state index is 12.6. The minimum Gasteiger partial charge on any atom is -0.490 e. The van der Waals surface area contributed by atoms with E-state index in [1.165, 1.54) is 22.8 Å². The standard InChI is InChI=1S/C25H27BN2O6S/c1-17-15-18(26)3-8-23(17)34-25(30)27-12-9-20(10-13-27)33-21-11-14-28(24(29)16-21)19-4-6-22(7-5-19)35(2,31)32/h3-8,11,14-16,20H,9-10,12-13,26H2,1-2H3. The molecule has 8 nitrogen and oxygen atoms in total. The first kappa shape index (κ1) is 24.6. The van der Waals surface area contributed by atoms with E-state index in [-0.39, 0.29) is 22.7 Å². The highest BCUT2D eigenvalue weighted by Crippen LogP contribution is 2.21. The summed E-state index contributed by atoms with van der Waals surface area (Å²) in [6.07, 6.45) is 3.49. The normalized spacial score (nSPS) is 14.5. The average Bonchev–Trinajstić information content (AvgIpc) is 2.81. The van der Waals surface area contributed by atoms with Crippen LogP contribution in [0.5, 0.6) is 11.5 Å². The van der Waals surface area contributed by atoms with Crippen LogP contribution in [0.15, 0.2) is 70.5 Å². The monoisotopic (exact) mass is 494 g/mol. The van der Waals surface area contributed by atoms with Crippen molar-refractivity contribution < 1.29 is 22.7 Å². The van der Waals surface area contributed by atoms with Crippen LogP contribution in [-0.2, 0) is 9.84 Å². The topological polar surface area (TPSA) is 94.9 Å². The summed E-state index contributed by atoms with van der Waals surface area (Å²) in [6.45, 7) is 2.91. The number of ether oxygens (including phenoxy) is 2. The average molecular weight is 494 g/mol. The number of carbonyl (C=O) groups is 1. The molecule has 0 saturated carbocycles. The largest absolute Gasteiger partial charge is 0.490 e. The molecule has 1 aromatic heterocycles. The molecule has 10 heteroatoms. The van der Waals surface area contributed by atoms with Gasteiger partial charge in [-0.3, -0.25) is 9.36 Å². The number of likely N-dealkylation sites (tertiary alicyclic amines) is 1. The molecule has 0 bridgehead atoms. The fourth-order valence-electron chi connectivity index (χ4n) is 4.02. The van der Waals surface area contributed by atoms with Gasteiger partial charge < -0.3 is 14.4 Å². The minimum atomic E-state index is -3.30. The van der Waals surface area contributed by atoms with Crippen LogP contribution in [0, 0.1) is 6.92 Å². The predicted octanol–water partition coefficient (Wildman–Crippen LogP) is 1.85. The molecule has 0 spiro atoms. The quantitative estimate of drug-likeness (QED) is 0.503. The molecule has 0 radical (unpaired) electrons. The van der Waals surface area contributed by atoms with Gasteiger partial charge >= 0.3 is 6.09 Å². The van der Waals surface area contributed by atoms with Gasteiger partial charge in [0.1, 0.15) is 25.4 Å². The van der Waals surface area contributed by atoms with Crippen LogP contribution in [0.4, 0.5) is 4.79 Å². The van der Waals surface area contributed by atoms with Crippen LogP contribution in [-0.4, -0.2) is 57.3 Å². The van der Waals surface area contributed by atoms with E-state index in [1.807, 2.05) is 26.9 Å². The van der Waals surface area contributed by atoms with E-state index in [1.54, 1.807) is 35.4 Å². The number of pyridine rings is 1. The lowest BCUT2D eigenvalue weighted by molar-refractivity contribution is 0.0928. The van der Waals surface area contributed by atoms with Crippen LogP contribution in [0.25, 0.3) is 5.69 Å². The van der Waals surface area contributed by atoms with Gasteiger partial charge in [-0.25, -0.2) is 13.2 Å². The summed E-state index contributed by atoms with van der Waals surface area (Å²) in [6, 6.07) is 14.9. The highest BCUT2D eigenvalue weighted by Gasteiger charge is 2.25. The summed E-state index contributed by atoms with van der Waals surface area (Å²) in [5, 5.41) is 0. The first-order valence-electron chi connectivity index (χ1n) is 11.3. The Morgan fingerprint density at radius 1 is 1.03 bits per heavy atom. The zero-order chi connectivity index (χ0) is 25.2. The van der Waals surface area contributed by atoms with Crippen LogP contribution in [0.3, 0.4) is 0 Å². The SMILES string of the molecule is Bc1ccc(OC(=O)N2CCC(Oc3ccn(-c4ccc(S(C)(=O)=O)cc4)c(=O)c3)CC2)c(C)c1. The smallest absolute Gasteiger partial charge is 0.415 e. The molecule has 0 atom stereocenters. The van der Waals surface area contributed by atoms with Crippen molar-refractivity contribution in [1.29, 1.82) is 0 Å². The summed E-state index contributed by atoms with van der Waals surface area (Å²) < 4.78 is 36.2. The zero-order valence-electron chi connectivity index (χ0n) is 19.9. The lowest BCUT2D eigenvalue weighted by Crippen LogP contribution is -2.43. The third kappa shape index (κ3) is 5.94. The van der Waals surface area contributed by atoms with Gasteiger partial charge in [-0.05, 0) is 48.9 Å². The van der Waals surface area contributed by atoms with Gasteiger partial charge in [0.2, 0.25) is 0 Å². The van der Waals surface area contributed by atoms with E-state index in [0.717, 1.165) is 17.3 Å². The number of carbonyl (C=O) groups excluding carboxylic acids is 1. The maximum Gasteiger partial charge on any atom is 0.415 e. The molecule has 1 saturated heterocycles. The van der Waals surface area contributed by atoms with Gasteiger partial charge in [0, 0.05) is 50.1 Å². The molecule has 0 aliphatic carbocycles. The first-order chi connectivity index (χ1) is 16.6. The van der Waals surface area contributed by atoms with Crippen LogP contribution in [0.2, 0.25) is 0 Å². The minimum absolute atomic E-state index is 0.121. The Balaban J connectivity index is 1.34. The van der Waals surface area contributed by atoms with Crippen molar-refractivity contribution in [2.75, 3.05) is 19.3 Å². The Morgan fingerprint density at radius 3 is 2.31 bits per heavy atom. The number of hydrogen-bond acceptors (Lipinski definition) is 6. The Kier molecular flexibility index (Phi) is 7.02. The molecule has 3 aromatic rings. The van der Waals surface area contributed by atoms with Crippen molar-refractivity contribution in [2.45, 2.75) is 30.8 Å². The number of sulfone groups is 1. The second kappa shape index (κ2) is 9.99. The number of nitrogens with zero attached hydrogens (tertiary/aromatic N) is 2. The Morgan fingerprint density at radius 2 is 1.71 bits per heavy atom. The number of rotatable bonds is 5. The zero-order valence-corrected chi connectivity index (χ0v) is 20.7. The summed E-state index contributed by atoms with van der Waals surface area (Å²) in [5.41, 5.74) is 2.30. The Bertz CT molecular complexity index is 1390. The number of hydrogen-bond donors (Lipinski definition) is 0. The molecule has 2 aromatic carbocycles.